The molecule has 0 unspecified atom stereocenters. The summed E-state index contributed by atoms with van der Waals surface area (Å²) in [7, 11) is 0. The number of aliphatic hydroxyl groups excluding tert-OH is 3. The van der Waals surface area contributed by atoms with Crippen LogP contribution in [0.5, 0.6) is 5.75 Å². The molecule has 1 aromatic carbocycles. The maximum atomic E-state index is 11.2. The van der Waals surface area contributed by atoms with E-state index in [1.165, 1.54) is 0 Å². The van der Waals surface area contributed by atoms with Gasteiger partial charge in [-0.3, -0.25) is 4.79 Å². The summed E-state index contributed by atoms with van der Waals surface area (Å²) in [6.07, 6.45) is -7.34. The monoisotopic (exact) mass is 301 g/mol. The van der Waals surface area contributed by atoms with E-state index in [-0.39, 0.29) is 0 Å². The first kappa shape index (κ1) is 15.1. The number of rotatable bonds is 3. The van der Waals surface area contributed by atoms with Crippen molar-refractivity contribution in [2.75, 3.05) is 5.73 Å². The molecule has 1 aromatic rings. The Morgan fingerprint density at radius 2 is 1.75 bits per heavy atom. The molecule has 1 saturated heterocycles. The molecule has 0 amide bonds. The fourth-order valence-corrected chi connectivity index (χ4v) is 2.04. The number of thiol groups is 1. The van der Waals surface area contributed by atoms with Crippen LogP contribution < -0.4 is 10.5 Å². The van der Waals surface area contributed by atoms with Crippen molar-refractivity contribution in [3.8, 4) is 5.75 Å². The molecule has 1 fully saturated rings. The second-order valence-corrected chi connectivity index (χ2v) is 4.86. The second-order valence-electron chi connectivity index (χ2n) is 4.42. The van der Waals surface area contributed by atoms with Crippen LogP contribution in [0.4, 0.5) is 5.69 Å². The molecule has 0 radical (unpaired) electrons. The number of hydrogen-bond acceptors (Lipinski definition) is 7. The lowest BCUT2D eigenvalue weighted by Gasteiger charge is -2.38. The van der Waals surface area contributed by atoms with Crippen LogP contribution in [-0.2, 0) is 9.53 Å². The van der Waals surface area contributed by atoms with Crippen molar-refractivity contribution in [3.63, 3.8) is 0 Å². The number of hydrogen-bond donors (Lipinski definition) is 5. The van der Waals surface area contributed by atoms with Gasteiger partial charge >= 0.3 is 0 Å². The molecule has 1 aliphatic heterocycles. The molecule has 20 heavy (non-hydrogen) atoms. The van der Waals surface area contributed by atoms with E-state index in [9.17, 15) is 20.1 Å². The zero-order valence-corrected chi connectivity index (χ0v) is 11.2. The molecule has 8 heteroatoms. The van der Waals surface area contributed by atoms with E-state index in [2.05, 4.69) is 12.6 Å². The lowest BCUT2D eigenvalue weighted by Crippen LogP contribution is -2.60. The zero-order valence-electron chi connectivity index (χ0n) is 10.3. The van der Waals surface area contributed by atoms with E-state index in [4.69, 9.17) is 15.2 Å². The molecule has 7 nitrogen and oxygen atoms in total. The first-order valence-corrected chi connectivity index (χ1v) is 6.29. The molecule has 0 bridgehead atoms. The Labute approximate surface area is 120 Å². The maximum Gasteiger partial charge on any atom is 0.229 e. The third-order valence-corrected chi connectivity index (χ3v) is 3.20. The summed E-state index contributed by atoms with van der Waals surface area (Å²) in [5.74, 6) is 0.331. The van der Waals surface area contributed by atoms with Gasteiger partial charge in [-0.2, -0.15) is 0 Å². The van der Waals surface area contributed by atoms with Crippen LogP contribution in [0.2, 0.25) is 0 Å². The molecule has 0 aliphatic carbocycles. The lowest BCUT2D eigenvalue weighted by atomic mass is 9.99. The van der Waals surface area contributed by atoms with E-state index in [1.807, 2.05) is 0 Å². The minimum Gasteiger partial charge on any atom is -0.462 e. The van der Waals surface area contributed by atoms with Gasteiger partial charge in [-0.05, 0) is 24.3 Å². The standard InChI is InChI=1S/C12H15NO6S/c13-5-1-3-6(4-2-5)18-12-9(16)7(14)8(15)10(19-12)11(17)20/h1-4,7-10,12,14-16H,13H2,(H,17,20)/t7-,8-,9+,10-,12+/m0/s1. The van der Waals surface area contributed by atoms with Gasteiger partial charge in [-0.15, -0.1) is 12.6 Å². The number of carbonyl (C=O) groups is 1. The molecule has 5 N–H and O–H groups in total. The van der Waals surface area contributed by atoms with Gasteiger partial charge in [-0.1, -0.05) is 0 Å². The Morgan fingerprint density at radius 1 is 1.15 bits per heavy atom. The SMILES string of the molecule is Nc1ccc(O[C@@H]2O[C@H](C(=O)S)[C@@H](O)[C@H](O)[C@H]2O)cc1. The molecule has 110 valence electrons. The van der Waals surface area contributed by atoms with Gasteiger partial charge in [0.2, 0.25) is 11.4 Å². The van der Waals surface area contributed by atoms with Gasteiger partial charge in [0.05, 0.1) is 0 Å². The summed E-state index contributed by atoms with van der Waals surface area (Å²) in [4.78, 5) is 11.2. The van der Waals surface area contributed by atoms with Gasteiger partial charge in [0.25, 0.3) is 0 Å². The van der Waals surface area contributed by atoms with E-state index < -0.39 is 35.8 Å². The van der Waals surface area contributed by atoms with Crippen molar-refractivity contribution in [1.29, 1.82) is 0 Å². The number of ether oxygens (including phenoxy) is 2. The Balaban J connectivity index is 2.13. The zero-order chi connectivity index (χ0) is 14.9. The number of aliphatic hydroxyl groups is 3. The lowest BCUT2D eigenvalue weighted by molar-refractivity contribution is -0.264. The van der Waals surface area contributed by atoms with Crippen LogP contribution in [0.15, 0.2) is 24.3 Å². The van der Waals surface area contributed by atoms with Gasteiger partial charge in [0.15, 0.2) is 6.10 Å². The Hall–Kier alpha value is -1.32. The van der Waals surface area contributed by atoms with Crippen LogP contribution >= 0.6 is 12.6 Å². The number of carbonyl (C=O) groups excluding carboxylic acids is 1. The minimum atomic E-state index is -1.58. The molecular weight excluding hydrogens is 286 g/mol. The first-order valence-electron chi connectivity index (χ1n) is 5.85. The van der Waals surface area contributed by atoms with E-state index in [1.54, 1.807) is 24.3 Å². The molecule has 2 rings (SSSR count). The van der Waals surface area contributed by atoms with Crippen molar-refractivity contribution in [3.05, 3.63) is 24.3 Å². The smallest absolute Gasteiger partial charge is 0.229 e. The summed E-state index contributed by atoms with van der Waals surface area (Å²) in [5, 5.41) is 28.3. The maximum absolute atomic E-state index is 11.2. The molecule has 0 spiro atoms. The fraction of sp³-hybridized carbons (Fsp3) is 0.417. The topological polar surface area (TPSA) is 122 Å². The van der Waals surface area contributed by atoms with Crippen LogP contribution in [0.3, 0.4) is 0 Å². The summed E-state index contributed by atoms with van der Waals surface area (Å²) in [6.45, 7) is 0. The number of nitrogens with two attached hydrogens (primary N) is 1. The highest BCUT2D eigenvalue weighted by Gasteiger charge is 2.47. The number of benzene rings is 1. The van der Waals surface area contributed by atoms with Gasteiger partial charge < -0.3 is 30.5 Å². The molecule has 0 saturated carbocycles. The van der Waals surface area contributed by atoms with Crippen molar-refractivity contribution < 1.29 is 29.6 Å². The Bertz CT molecular complexity index is 481. The second kappa shape index (κ2) is 5.98. The van der Waals surface area contributed by atoms with Gasteiger partial charge in [-0.25, -0.2) is 0 Å². The summed E-state index contributed by atoms with van der Waals surface area (Å²) >= 11 is 3.56. The van der Waals surface area contributed by atoms with Crippen LogP contribution in [0.1, 0.15) is 0 Å². The quantitative estimate of drug-likeness (QED) is 0.355. The average molecular weight is 301 g/mol. The third-order valence-electron chi connectivity index (χ3n) is 2.95. The minimum absolute atomic E-state index is 0.331. The Morgan fingerprint density at radius 3 is 2.30 bits per heavy atom. The predicted octanol–water partition coefficient (Wildman–Crippen LogP) is -1.09. The third kappa shape index (κ3) is 3.05. The summed E-state index contributed by atoms with van der Waals surface area (Å²) < 4.78 is 10.5. The van der Waals surface area contributed by atoms with Crippen LogP contribution in [0, 0.1) is 0 Å². The van der Waals surface area contributed by atoms with Gasteiger partial charge in [0, 0.05) is 5.69 Å². The van der Waals surface area contributed by atoms with E-state index in [0.29, 0.717) is 11.4 Å². The van der Waals surface area contributed by atoms with Crippen molar-refractivity contribution >= 4 is 23.4 Å². The van der Waals surface area contributed by atoms with E-state index >= 15 is 0 Å². The predicted molar refractivity (Wildman–Crippen MR) is 72.2 cm³/mol. The van der Waals surface area contributed by atoms with Gasteiger partial charge in [0.1, 0.15) is 24.1 Å². The fourth-order valence-electron chi connectivity index (χ4n) is 1.83. The highest BCUT2D eigenvalue weighted by Crippen LogP contribution is 2.25. The van der Waals surface area contributed by atoms with Crippen molar-refractivity contribution in [2.24, 2.45) is 0 Å². The Kier molecular flexibility index (Phi) is 4.51. The van der Waals surface area contributed by atoms with Crippen LogP contribution in [-0.4, -0.2) is 51.1 Å². The highest BCUT2D eigenvalue weighted by molar-refractivity contribution is 7.96. The number of anilines is 1. The normalized spacial score (nSPS) is 33.7. The molecule has 5 atom stereocenters. The first-order chi connectivity index (χ1) is 9.40. The van der Waals surface area contributed by atoms with Crippen LogP contribution in [0.25, 0.3) is 0 Å². The van der Waals surface area contributed by atoms with Crippen molar-refractivity contribution in [2.45, 2.75) is 30.7 Å². The largest absolute Gasteiger partial charge is 0.462 e. The van der Waals surface area contributed by atoms with E-state index in [0.717, 1.165) is 0 Å². The highest BCUT2D eigenvalue weighted by atomic mass is 32.1. The molecule has 0 aromatic heterocycles. The number of nitrogen functional groups attached to an aromatic ring is 1. The summed E-state index contributed by atoms with van der Waals surface area (Å²) in [5.41, 5.74) is 6.05. The molecule has 1 aliphatic rings. The van der Waals surface area contributed by atoms with Crippen molar-refractivity contribution in [1.82, 2.24) is 0 Å². The molecular formula is C12H15NO6S. The average Bonchev–Trinajstić information content (AvgIpc) is 2.41. The molecule has 1 heterocycles. The summed E-state index contributed by atoms with van der Waals surface area (Å²) in [6, 6.07) is 6.24.